The van der Waals surface area contributed by atoms with Crippen molar-refractivity contribution in [3.63, 3.8) is 0 Å². The first-order chi connectivity index (χ1) is 11.0. The Morgan fingerprint density at radius 1 is 1.04 bits per heavy atom. The number of hydrogen-bond acceptors (Lipinski definition) is 3. The Hall–Kier alpha value is -0.931. The molecule has 4 nitrogen and oxygen atoms in total. The summed E-state index contributed by atoms with van der Waals surface area (Å²) in [5.74, 6) is 0. The molecule has 0 amide bonds. The molecule has 23 heavy (non-hydrogen) atoms. The minimum atomic E-state index is -3.64. The van der Waals surface area contributed by atoms with Crippen molar-refractivity contribution in [2.24, 2.45) is 5.14 Å². The Bertz CT molecular complexity index is 893. The molecule has 1 heterocycles. The molecule has 0 radical (unpaired) electrons. The Balaban J connectivity index is 1.71. The van der Waals surface area contributed by atoms with Crippen molar-refractivity contribution in [3.05, 3.63) is 65.2 Å². The monoisotopic (exact) mass is 508 g/mol. The standard InChI is InChI=1S/C16H14N2O2SSeTe/c17-21(19,20)13-8-6-12(7-9-13)16-18-10-14(22-16)11-23-15-4-2-1-3-5-15/h1-10H,11H2,(H2,17,19,20). The first-order valence-electron chi connectivity index (χ1n) is 6.78. The fourth-order valence-corrected chi connectivity index (χ4v) is 7.90. The second kappa shape index (κ2) is 7.31. The molecule has 0 atom stereocenters. The predicted molar refractivity (Wildman–Crippen MR) is 93.5 cm³/mol. The van der Waals surface area contributed by atoms with Crippen molar-refractivity contribution in [2.45, 2.75) is 9.36 Å². The summed E-state index contributed by atoms with van der Waals surface area (Å²) < 4.78 is 27.6. The van der Waals surface area contributed by atoms with Crippen LogP contribution in [0.2, 0.25) is 0 Å². The van der Waals surface area contributed by atoms with Crippen LogP contribution in [-0.4, -0.2) is 48.8 Å². The summed E-state index contributed by atoms with van der Waals surface area (Å²) in [6.07, 6.45) is 1.98. The van der Waals surface area contributed by atoms with Crippen LogP contribution in [0, 0.1) is 0 Å². The Kier molecular flexibility index (Phi) is 5.38. The number of nitrogens with zero attached hydrogens (tertiary/aromatic N) is 1. The molecule has 0 unspecified atom stereocenters. The third kappa shape index (κ3) is 4.54. The van der Waals surface area contributed by atoms with E-state index in [-0.39, 0.29) is 40.3 Å². The number of hydrogen-bond donors (Lipinski definition) is 1. The number of primary sulfonamides is 1. The average Bonchev–Trinajstić information content (AvgIpc) is 3.02. The van der Waals surface area contributed by atoms with Crippen molar-refractivity contribution in [1.29, 1.82) is 0 Å². The van der Waals surface area contributed by atoms with Gasteiger partial charge in [-0.3, -0.25) is 0 Å². The number of nitrogens with two attached hydrogens (primary N) is 1. The van der Waals surface area contributed by atoms with Crippen LogP contribution in [0.4, 0.5) is 0 Å². The van der Waals surface area contributed by atoms with Crippen LogP contribution in [-0.2, 0) is 14.5 Å². The van der Waals surface area contributed by atoms with E-state index < -0.39 is 10.0 Å². The Morgan fingerprint density at radius 2 is 1.74 bits per heavy atom. The number of aromatic nitrogens is 1. The van der Waals surface area contributed by atoms with Gasteiger partial charge in [-0.25, -0.2) is 0 Å². The van der Waals surface area contributed by atoms with Crippen LogP contribution < -0.4 is 8.75 Å². The molecular formula is C16H14N2O2SSeTe. The van der Waals surface area contributed by atoms with Gasteiger partial charge in [-0.15, -0.1) is 0 Å². The number of rotatable bonds is 5. The molecule has 118 valence electrons. The van der Waals surface area contributed by atoms with Crippen LogP contribution in [0.15, 0.2) is 65.7 Å². The molecule has 0 aliphatic rings. The molecule has 0 saturated heterocycles. The van der Waals surface area contributed by atoms with Gasteiger partial charge in [-0.05, 0) is 0 Å². The molecule has 3 aromatic rings. The van der Waals surface area contributed by atoms with E-state index in [1.54, 1.807) is 24.3 Å². The van der Waals surface area contributed by atoms with E-state index in [1.165, 1.54) is 8.05 Å². The van der Waals surface area contributed by atoms with Crippen molar-refractivity contribution in [3.8, 4) is 10.1 Å². The van der Waals surface area contributed by atoms with Crippen molar-refractivity contribution in [1.82, 2.24) is 4.98 Å². The summed E-state index contributed by atoms with van der Waals surface area (Å²) in [6.45, 7) is 0. The first-order valence-corrected chi connectivity index (χ1v) is 12.9. The zero-order valence-corrected chi connectivity index (χ0v) is 16.9. The second-order valence-corrected chi connectivity index (χ2v) is 11.7. The molecule has 0 bridgehead atoms. The van der Waals surface area contributed by atoms with Gasteiger partial charge in [0.05, 0.1) is 0 Å². The van der Waals surface area contributed by atoms with Gasteiger partial charge in [-0.2, -0.15) is 0 Å². The number of sulfonamides is 1. The molecule has 3 rings (SSSR count). The summed E-state index contributed by atoms with van der Waals surface area (Å²) >= 11 is 0.0181. The zero-order chi connectivity index (χ0) is 16.3. The zero-order valence-electron chi connectivity index (χ0n) is 12.0. The van der Waals surface area contributed by atoms with Crippen molar-refractivity contribution >= 4 is 49.1 Å². The third-order valence-corrected chi connectivity index (χ3v) is 10.5. The van der Waals surface area contributed by atoms with Gasteiger partial charge >= 0.3 is 152 Å². The van der Waals surface area contributed by atoms with Gasteiger partial charge in [0.2, 0.25) is 0 Å². The van der Waals surface area contributed by atoms with Gasteiger partial charge in [-0.1, -0.05) is 0 Å². The van der Waals surface area contributed by atoms with Crippen molar-refractivity contribution < 1.29 is 8.42 Å². The van der Waals surface area contributed by atoms with Crippen LogP contribution in [0.3, 0.4) is 0 Å². The maximum absolute atomic E-state index is 11.3. The van der Waals surface area contributed by atoms with E-state index in [9.17, 15) is 8.42 Å². The first kappa shape index (κ1) is 16.9. The maximum atomic E-state index is 11.3. The molecule has 0 saturated carbocycles. The quantitative estimate of drug-likeness (QED) is 0.527. The Labute approximate surface area is 151 Å². The molecule has 0 fully saturated rings. The van der Waals surface area contributed by atoms with Crippen LogP contribution in [0.5, 0.6) is 0 Å². The van der Waals surface area contributed by atoms with Gasteiger partial charge in [0, 0.05) is 0 Å². The minimum absolute atomic E-state index is 0.136. The van der Waals surface area contributed by atoms with E-state index in [0.717, 1.165) is 14.6 Å². The van der Waals surface area contributed by atoms with E-state index in [4.69, 9.17) is 5.14 Å². The summed E-state index contributed by atoms with van der Waals surface area (Å²) in [6, 6.07) is 17.2. The summed E-state index contributed by atoms with van der Waals surface area (Å²) in [7, 11) is -3.64. The third-order valence-electron chi connectivity index (χ3n) is 3.11. The van der Waals surface area contributed by atoms with E-state index in [0.29, 0.717) is 0 Å². The Morgan fingerprint density at radius 3 is 2.39 bits per heavy atom. The van der Waals surface area contributed by atoms with Gasteiger partial charge in [0.1, 0.15) is 0 Å². The SMILES string of the molecule is NS(=O)(=O)c1ccc(-c2ncc(C[Te]c3ccccc3)[se]2)cc1. The molecule has 0 spiro atoms. The van der Waals surface area contributed by atoms with Crippen LogP contribution >= 0.6 is 0 Å². The molecule has 0 aliphatic carbocycles. The summed E-state index contributed by atoms with van der Waals surface area (Å²) in [5.41, 5.74) is 0.976. The van der Waals surface area contributed by atoms with Gasteiger partial charge in [0.15, 0.2) is 0 Å². The van der Waals surface area contributed by atoms with Crippen LogP contribution in [0.1, 0.15) is 4.44 Å². The fourth-order valence-electron chi connectivity index (χ4n) is 1.97. The normalized spacial score (nSPS) is 11.5. The molecular weight excluding hydrogens is 491 g/mol. The topological polar surface area (TPSA) is 73.1 Å². The molecule has 2 aromatic carbocycles. The summed E-state index contributed by atoms with van der Waals surface area (Å²) in [5, 5.41) is 5.12. The molecule has 2 N–H and O–H groups in total. The average molecular weight is 505 g/mol. The fraction of sp³-hybridized carbons (Fsp3) is 0.0625. The van der Waals surface area contributed by atoms with Gasteiger partial charge in [0.25, 0.3) is 0 Å². The molecule has 7 heteroatoms. The predicted octanol–water partition coefficient (Wildman–Crippen LogP) is 0.983. The molecule has 0 aliphatic heterocycles. The van der Waals surface area contributed by atoms with Crippen molar-refractivity contribution in [2.75, 3.05) is 0 Å². The van der Waals surface area contributed by atoms with E-state index >= 15 is 0 Å². The summed E-state index contributed by atoms with van der Waals surface area (Å²) in [4.78, 5) is 4.65. The van der Waals surface area contributed by atoms with E-state index in [1.807, 2.05) is 12.3 Å². The second-order valence-electron chi connectivity index (χ2n) is 4.80. The van der Waals surface area contributed by atoms with Crippen LogP contribution in [0.25, 0.3) is 10.1 Å². The van der Waals surface area contributed by atoms with Gasteiger partial charge < -0.3 is 0 Å². The van der Waals surface area contributed by atoms with E-state index in [2.05, 4.69) is 29.2 Å². The molecule has 1 aromatic heterocycles. The number of benzene rings is 2.